The van der Waals surface area contributed by atoms with E-state index in [-0.39, 0.29) is 24.2 Å². The van der Waals surface area contributed by atoms with Crippen LogP contribution in [0.2, 0.25) is 0 Å². The first-order valence-electron chi connectivity index (χ1n) is 7.18. The molecule has 0 radical (unpaired) electrons. The maximum atomic E-state index is 11.6. The minimum Gasteiger partial charge on any atom is -0.493 e. The summed E-state index contributed by atoms with van der Waals surface area (Å²) in [5.41, 5.74) is 6.26. The molecular formula is C15H21N3O3. The molecule has 1 aromatic carbocycles. The van der Waals surface area contributed by atoms with Gasteiger partial charge in [-0.05, 0) is 25.0 Å². The van der Waals surface area contributed by atoms with Crippen LogP contribution in [0.3, 0.4) is 0 Å². The van der Waals surface area contributed by atoms with Gasteiger partial charge in [-0.2, -0.15) is 0 Å². The minimum atomic E-state index is -0.0976. The van der Waals surface area contributed by atoms with Crippen molar-refractivity contribution in [1.82, 2.24) is 10.6 Å². The zero-order chi connectivity index (χ0) is 15.1. The number of ether oxygens (including phenoxy) is 1. The number of anilines is 1. The summed E-state index contributed by atoms with van der Waals surface area (Å²) < 4.78 is 5.43. The molecule has 6 heteroatoms. The highest BCUT2D eigenvalue weighted by Gasteiger charge is 2.28. The molecule has 0 aromatic heterocycles. The number of benzene rings is 1. The SMILES string of the molecule is Nc1cccc(OCCC(=O)NCCNC(=O)C2CC2)c1. The zero-order valence-corrected chi connectivity index (χ0v) is 11.9. The van der Waals surface area contributed by atoms with Crippen molar-refractivity contribution in [3.8, 4) is 5.75 Å². The fourth-order valence-corrected chi connectivity index (χ4v) is 1.83. The number of nitrogens with one attached hydrogen (secondary N) is 2. The summed E-state index contributed by atoms with van der Waals surface area (Å²) in [5.74, 6) is 0.848. The molecule has 4 N–H and O–H groups in total. The second-order valence-corrected chi connectivity index (χ2v) is 5.09. The molecule has 2 amide bonds. The summed E-state index contributed by atoms with van der Waals surface area (Å²) >= 11 is 0. The molecule has 2 rings (SSSR count). The molecule has 1 aliphatic carbocycles. The Hall–Kier alpha value is -2.24. The molecule has 1 aliphatic rings. The smallest absolute Gasteiger partial charge is 0.223 e. The third-order valence-corrected chi connectivity index (χ3v) is 3.15. The lowest BCUT2D eigenvalue weighted by Crippen LogP contribution is -2.35. The third-order valence-electron chi connectivity index (χ3n) is 3.15. The molecule has 0 unspecified atom stereocenters. The Kier molecular flexibility index (Phi) is 5.43. The molecule has 114 valence electrons. The molecular weight excluding hydrogens is 270 g/mol. The fraction of sp³-hybridized carbons (Fsp3) is 0.467. The molecule has 0 aliphatic heterocycles. The highest BCUT2D eigenvalue weighted by atomic mass is 16.5. The third kappa shape index (κ3) is 5.72. The normalized spacial score (nSPS) is 13.5. The fourth-order valence-electron chi connectivity index (χ4n) is 1.83. The quantitative estimate of drug-likeness (QED) is 0.485. The number of amides is 2. The van der Waals surface area contributed by atoms with Crippen LogP contribution in [0.4, 0.5) is 5.69 Å². The van der Waals surface area contributed by atoms with Crippen molar-refractivity contribution in [2.75, 3.05) is 25.4 Å². The maximum absolute atomic E-state index is 11.6. The van der Waals surface area contributed by atoms with Crippen LogP contribution in [0.5, 0.6) is 5.75 Å². The molecule has 0 saturated heterocycles. The van der Waals surface area contributed by atoms with Crippen LogP contribution in [0.25, 0.3) is 0 Å². The van der Waals surface area contributed by atoms with E-state index in [0.717, 1.165) is 12.8 Å². The number of rotatable bonds is 8. The first kappa shape index (κ1) is 15.2. The average molecular weight is 291 g/mol. The minimum absolute atomic E-state index is 0.0919. The van der Waals surface area contributed by atoms with Gasteiger partial charge in [0.1, 0.15) is 5.75 Å². The van der Waals surface area contributed by atoms with Crippen LogP contribution in [-0.2, 0) is 9.59 Å². The number of nitrogens with two attached hydrogens (primary N) is 1. The second-order valence-electron chi connectivity index (χ2n) is 5.09. The maximum Gasteiger partial charge on any atom is 0.223 e. The van der Waals surface area contributed by atoms with Crippen LogP contribution in [0, 0.1) is 5.92 Å². The van der Waals surface area contributed by atoms with Crippen LogP contribution >= 0.6 is 0 Å². The van der Waals surface area contributed by atoms with Gasteiger partial charge in [0.2, 0.25) is 11.8 Å². The van der Waals surface area contributed by atoms with Gasteiger partial charge in [-0.15, -0.1) is 0 Å². The lowest BCUT2D eigenvalue weighted by Gasteiger charge is -2.08. The first-order valence-corrected chi connectivity index (χ1v) is 7.18. The Morgan fingerprint density at radius 3 is 2.71 bits per heavy atom. The molecule has 1 fully saturated rings. The summed E-state index contributed by atoms with van der Waals surface area (Å²) in [5, 5.41) is 5.53. The highest BCUT2D eigenvalue weighted by molar-refractivity contribution is 5.81. The van der Waals surface area contributed by atoms with E-state index >= 15 is 0 Å². The second kappa shape index (κ2) is 7.52. The Morgan fingerprint density at radius 2 is 2.00 bits per heavy atom. The standard InChI is InChI=1S/C15H21N3O3/c16-12-2-1-3-13(10-12)21-9-6-14(19)17-7-8-18-15(20)11-4-5-11/h1-3,10-11H,4-9,16H2,(H,17,19)(H,18,20). The highest BCUT2D eigenvalue weighted by Crippen LogP contribution is 2.28. The summed E-state index contributed by atoms with van der Waals surface area (Å²) in [6.07, 6.45) is 2.24. The van der Waals surface area contributed by atoms with E-state index in [1.54, 1.807) is 24.3 Å². The van der Waals surface area contributed by atoms with E-state index in [2.05, 4.69) is 10.6 Å². The summed E-state index contributed by atoms with van der Waals surface area (Å²) in [4.78, 5) is 22.9. The van der Waals surface area contributed by atoms with Gasteiger partial charge in [-0.3, -0.25) is 9.59 Å². The monoisotopic (exact) mass is 291 g/mol. The molecule has 6 nitrogen and oxygen atoms in total. The van der Waals surface area contributed by atoms with Gasteiger partial charge in [0.15, 0.2) is 0 Å². The Morgan fingerprint density at radius 1 is 1.24 bits per heavy atom. The Bertz CT molecular complexity index is 501. The van der Waals surface area contributed by atoms with Crippen LogP contribution < -0.4 is 21.1 Å². The number of nitrogen functional groups attached to an aromatic ring is 1. The van der Waals surface area contributed by atoms with E-state index in [4.69, 9.17) is 10.5 Å². The van der Waals surface area contributed by atoms with Gasteiger partial charge < -0.3 is 21.1 Å². The Labute approximate surface area is 124 Å². The van der Waals surface area contributed by atoms with Gasteiger partial charge in [0, 0.05) is 30.8 Å². The lowest BCUT2D eigenvalue weighted by molar-refractivity contribution is -0.123. The van der Waals surface area contributed by atoms with Crippen molar-refractivity contribution >= 4 is 17.5 Å². The van der Waals surface area contributed by atoms with Crippen LogP contribution in [-0.4, -0.2) is 31.5 Å². The van der Waals surface area contributed by atoms with E-state index < -0.39 is 0 Å². The van der Waals surface area contributed by atoms with Gasteiger partial charge in [-0.1, -0.05) is 6.07 Å². The van der Waals surface area contributed by atoms with Crippen molar-refractivity contribution in [2.45, 2.75) is 19.3 Å². The van der Waals surface area contributed by atoms with Gasteiger partial charge in [-0.25, -0.2) is 0 Å². The van der Waals surface area contributed by atoms with E-state index in [1.807, 2.05) is 0 Å². The predicted molar refractivity (Wildman–Crippen MR) is 79.7 cm³/mol. The number of carbonyl (C=O) groups is 2. The van der Waals surface area contributed by atoms with Crippen LogP contribution in [0.1, 0.15) is 19.3 Å². The largest absolute Gasteiger partial charge is 0.493 e. The zero-order valence-electron chi connectivity index (χ0n) is 11.9. The number of hydrogen-bond donors (Lipinski definition) is 3. The molecule has 0 heterocycles. The molecule has 21 heavy (non-hydrogen) atoms. The molecule has 0 spiro atoms. The molecule has 1 saturated carbocycles. The van der Waals surface area contributed by atoms with Crippen molar-refractivity contribution in [1.29, 1.82) is 0 Å². The molecule has 0 bridgehead atoms. The molecule has 0 atom stereocenters. The predicted octanol–water partition coefficient (Wildman–Crippen LogP) is 0.680. The van der Waals surface area contributed by atoms with Gasteiger partial charge >= 0.3 is 0 Å². The number of carbonyl (C=O) groups excluding carboxylic acids is 2. The topological polar surface area (TPSA) is 93.4 Å². The van der Waals surface area contributed by atoms with E-state index in [1.165, 1.54) is 0 Å². The number of hydrogen-bond acceptors (Lipinski definition) is 4. The summed E-state index contributed by atoms with van der Waals surface area (Å²) in [6.45, 7) is 1.20. The van der Waals surface area contributed by atoms with Crippen molar-refractivity contribution < 1.29 is 14.3 Å². The summed E-state index contributed by atoms with van der Waals surface area (Å²) in [7, 11) is 0. The average Bonchev–Trinajstić information content (AvgIpc) is 3.28. The van der Waals surface area contributed by atoms with E-state index in [9.17, 15) is 9.59 Å². The van der Waals surface area contributed by atoms with Crippen molar-refractivity contribution in [2.24, 2.45) is 5.92 Å². The lowest BCUT2D eigenvalue weighted by atomic mass is 10.3. The summed E-state index contributed by atoms with van der Waals surface area (Å²) in [6, 6.07) is 7.08. The van der Waals surface area contributed by atoms with Crippen molar-refractivity contribution in [3.05, 3.63) is 24.3 Å². The van der Waals surface area contributed by atoms with Gasteiger partial charge in [0.05, 0.1) is 13.0 Å². The van der Waals surface area contributed by atoms with E-state index in [0.29, 0.717) is 31.1 Å². The van der Waals surface area contributed by atoms with Crippen molar-refractivity contribution in [3.63, 3.8) is 0 Å². The first-order chi connectivity index (χ1) is 10.1. The Balaban J connectivity index is 1.52. The van der Waals surface area contributed by atoms with Gasteiger partial charge in [0.25, 0.3) is 0 Å². The van der Waals surface area contributed by atoms with Crippen LogP contribution in [0.15, 0.2) is 24.3 Å². The molecule has 1 aromatic rings.